The number of nitrogens with one attached hydrogen (secondary N) is 1. The maximum Gasteiger partial charge on any atom is 0.0171 e. The summed E-state index contributed by atoms with van der Waals surface area (Å²) in [5, 5.41) is 0. The van der Waals surface area contributed by atoms with Gasteiger partial charge in [-0.2, -0.15) is 0 Å². The highest BCUT2D eigenvalue weighted by Crippen LogP contribution is 2.09. The SMILES string of the molecule is CCC(CC(C)C)NSC. The van der Waals surface area contributed by atoms with Gasteiger partial charge in [-0.25, -0.2) is 0 Å². The number of hydrogen-bond acceptors (Lipinski definition) is 2. The first kappa shape index (κ1) is 10.3. The van der Waals surface area contributed by atoms with Crippen molar-refractivity contribution in [2.24, 2.45) is 5.92 Å². The zero-order valence-corrected chi connectivity index (χ0v) is 8.29. The van der Waals surface area contributed by atoms with Crippen LogP contribution in [0.3, 0.4) is 0 Å². The summed E-state index contributed by atoms with van der Waals surface area (Å²) in [6.45, 7) is 6.77. The molecule has 0 aromatic heterocycles. The van der Waals surface area contributed by atoms with Crippen molar-refractivity contribution >= 4 is 11.9 Å². The first-order valence-electron chi connectivity index (χ1n) is 3.99. The Hall–Kier alpha value is 0.310. The standard InChI is InChI=1S/C8H19NS/c1-5-8(9-10-4)6-7(2)3/h7-9H,5-6H2,1-4H3. The maximum absolute atomic E-state index is 3.38. The van der Waals surface area contributed by atoms with Crippen molar-refractivity contribution in [1.29, 1.82) is 0 Å². The van der Waals surface area contributed by atoms with E-state index in [0.29, 0.717) is 6.04 Å². The molecule has 62 valence electrons. The van der Waals surface area contributed by atoms with E-state index in [-0.39, 0.29) is 0 Å². The molecule has 1 unspecified atom stereocenters. The van der Waals surface area contributed by atoms with Crippen molar-refractivity contribution in [2.75, 3.05) is 6.26 Å². The van der Waals surface area contributed by atoms with Crippen molar-refractivity contribution in [3.63, 3.8) is 0 Å². The lowest BCUT2D eigenvalue weighted by Gasteiger charge is -2.16. The predicted molar refractivity (Wildman–Crippen MR) is 50.2 cm³/mol. The van der Waals surface area contributed by atoms with Gasteiger partial charge in [-0.15, -0.1) is 0 Å². The van der Waals surface area contributed by atoms with Gasteiger partial charge < -0.3 is 0 Å². The molecular weight excluding hydrogens is 142 g/mol. The largest absolute Gasteiger partial charge is 0.261 e. The van der Waals surface area contributed by atoms with Crippen molar-refractivity contribution < 1.29 is 0 Å². The van der Waals surface area contributed by atoms with Crippen LogP contribution in [0.1, 0.15) is 33.6 Å². The first-order valence-corrected chi connectivity index (χ1v) is 5.21. The van der Waals surface area contributed by atoms with Crippen LogP contribution in [-0.4, -0.2) is 12.3 Å². The van der Waals surface area contributed by atoms with Gasteiger partial charge in [0.25, 0.3) is 0 Å². The molecule has 0 saturated heterocycles. The molecule has 1 nitrogen and oxygen atoms in total. The van der Waals surface area contributed by atoms with Crippen LogP contribution >= 0.6 is 11.9 Å². The highest BCUT2D eigenvalue weighted by Gasteiger charge is 2.05. The molecule has 0 amide bonds. The van der Waals surface area contributed by atoms with E-state index in [4.69, 9.17) is 0 Å². The highest BCUT2D eigenvalue weighted by atomic mass is 32.2. The van der Waals surface area contributed by atoms with Gasteiger partial charge in [0, 0.05) is 6.04 Å². The van der Waals surface area contributed by atoms with Crippen LogP contribution in [0.25, 0.3) is 0 Å². The molecule has 0 bridgehead atoms. The van der Waals surface area contributed by atoms with Crippen molar-refractivity contribution in [3.8, 4) is 0 Å². The van der Waals surface area contributed by atoms with Crippen LogP contribution in [0.4, 0.5) is 0 Å². The van der Waals surface area contributed by atoms with E-state index in [1.807, 2.05) is 0 Å². The maximum atomic E-state index is 3.38. The summed E-state index contributed by atoms with van der Waals surface area (Å²) in [5.74, 6) is 0.810. The Balaban J connectivity index is 3.39. The minimum atomic E-state index is 0.704. The second kappa shape index (κ2) is 6.05. The topological polar surface area (TPSA) is 12.0 Å². The molecule has 0 aromatic rings. The molecule has 0 spiro atoms. The highest BCUT2D eigenvalue weighted by molar-refractivity contribution is 7.96. The summed E-state index contributed by atoms with van der Waals surface area (Å²) in [6, 6.07) is 0.704. The molecule has 1 atom stereocenters. The smallest absolute Gasteiger partial charge is 0.0171 e. The number of rotatable bonds is 5. The van der Waals surface area contributed by atoms with Crippen LogP contribution in [0, 0.1) is 5.92 Å². The fourth-order valence-corrected chi connectivity index (χ4v) is 1.63. The third-order valence-corrected chi connectivity index (χ3v) is 2.10. The van der Waals surface area contributed by atoms with Gasteiger partial charge in [-0.3, -0.25) is 4.72 Å². The summed E-state index contributed by atoms with van der Waals surface area (Å²) >= 11 is 1.73. The first-order chi connectivity index (χ1) is 4.70. The quantitative estimate of drug-likeness (QED) is 0.622. The molecule has 0 aromatic carbocycles. The molecule has 0 heterocycles. The second-order valence-electron chi connectivity index (χ2n) is 3.06. The average molecular weight is 161 g/mol. The van der Waals surface area contributed by atoms with E-state index >= 15 is 0 Å². The Morgan fingerprint density at radius 3 is 2.30 bits per heavy atom. The lowest BCUT2D eigenvalue weighted by atomic mass is 10.0. The van der Waals surface area contributed by atoms with Gasteiger partial charge in [0.05, 0.1) is 0 Å². The second-order valence-corrected chi connectivity index (χ2v) is 3.70. The van der Waals surface area contributed by atoms with Gasteiger partial charge in [0.2, 0.25) is 0 Å². The normalized spacial score (nSPS) is 14.1. The van der Waals surface area contributed by atoms with E-state index in [0.717, 1.165) is 5.92 Å². The minimum Gasteiger partial charge on any atom is -0.261 e. The lowest BCUT2D eigenvalue weighted by Crippen LogP contribution is -2.23. The van der Waals surface area contributed by atoms with Gasteiger partial charge in [0.1, 0.15) is 0 Å². The Morgan fingerprint density at radius 1 is 1.40 bits per heavy atom. The Kier molecular flexibility index (Phi) is 6.24. The van der Waals surface area contributed by atoms with Crippen LogP contribution in [0.15, 0.2) is 0 Å². The Bertz CT molecular complexity index is 73.7. The molecule has 1 N–H and O–H groups in total. The molecule has 0 saturated carbocycles. The summed E-state index contributed by atoms with van der Waals surface area (Å²) in [5.41, 5.74) is 0. The molecular formula is C8H19NS. The van der Waals surface area contributed by atoms with Crippen molar-refractivity contribution in [3.05, 3.63) is 0 Å². The lowest BCUT2D eigenvalue weighted by molar-refractivity contribution is 0.467. The van der Waals surface area contributed by atoms with Gasteiger partial charge >= 0.3 is 0 Å². The molecule has 0 aliphatic heterocycles. The molecule has 0 aliphatic carbocycles. The summed E-state index contributed by atoms with van der Waals surface area (Å²) < 4.78 is 3.38. The fraction of sp³-hybridized carbons (Fsp3) is 1.00. The number of hydrogen-bond donors (Lipinski definition) is 1. The van der Waals surface area contributed by atoms with Gasteiger partial charge in [-0.05, 0) is 25.0 Å². The molecule has 10 heavy (non-hydrogen) atoms. The fourth-order valence-electron chi connectivity index (χ4n) is 1.03. The Morgan fingerprint density at radius 2 is 2.00 bits per heavy atom. The van der Waals surface area contributed by atoms with E-state index < -0.39 is 0 Å². The van der Waals surface area contributed by atoms with E-state index in [9.17, 15) is 0 Å². The zero-order chi connectivity index (χ0) is 7.98. The van der Waals surface area contributed by atoms with E-state index in [1.165, 1.54) is 12.8 Å². The van der Waals surface area contributed by atoms with Gasteiger partial charge in [-0.1, -0.05) is 32.7 Å². The monoisotopic (exact) mass is 161 g/mol. The summed E-state index contributed by atoms with van der Waals surface area (Å²) in [6.07, 6.45) is 4.61. The van der Waals surface area contributed by atoms with E-state index in [2.05, 4.69) is 31.7 Å². The minimum absolute atomic E-state index is 0.704. The van der Waals surface area contributed by atoms with Crippen LogP contribution in [-0.2, 0) is 0 Å². The molecule has 2 heteroatoms. The average Bonchev–Trinajstić information content (AvgIpc) is 1.86. The van der Waals surface area contributed by atoms with Gasteiger partial charge in [0.15, 0.2) is 0 Å². The molecule has 0 rings (SSSR count). The summed E-state index contributed by atoms with van der Waals surface area (Å²) in [4.78, 5) is 0. The van der Waals surface area contributed by atoms with Crippen LogP contribution in [0.5, 0.6) is 0 Å². The molecule has 0 radical (unpaired) electrons. The van der Waals surface area contributed by atoms with Crippen LogP contribution < -0.4 is 4.72 Å². The van der Waals surface area contributed by atoms with Crippen molar-refractivity contribution in [1.82, 2.24) is 4.72 Å². The molecule has 0 fully saturated rings. The van der Waals surface area contributed by atoms with Crippen LogP contribution in [0.2, 0.25) is 0 Å². The van der Waals surface area contributed by atoms with Crippen molar-refractivity contribution in [2.45, 2.75) is 39.7 Å². The molecule has 0 aliphatic rings. The summed E-state index contributed by atoms with van der Waals surface area (Å²) in [7, 11) is 0. The third kappa shape index (κ3) is 5.12. The zero-order valence-electron chi connectivity index (χ0n) is 7.48. The third-order valence-electron chi connectivity index (χ3n) is 1.53. The Labute approximate surface area is 69.1 Å². The van der Waals surface area contributed by atoms with E-state index in [1.54, 1.807) is 11.9 Å². The predicted octanol–water partition coefficient (Wildman–Crippen LogP) is 2.68.